The largest absolute Gasteiger partial charge is 0.417 e. The first kappa shape index (κ1) is 31.7. The minimum atomic E-state index is -1.19. The molecule has 4 heterocycles. The topological polar surface area (TPSA) is 102 Å². The van der Waals surface area contributed by atoms with Crippen molar-refractivity contribution >= 4 is 36.8 Å². The van der Waals surface area contributed by atoms with Gasteiger partial charge in [0.25, 0.3) is 0 Å². The Bertz CT molecular complexity index is 1720. The molecule has 2 aromatic heterocycles. The molecule has 1 N–H and O–H groups in total. The van der Waals surface area contributed by atoms with Crippen LogP contribution in [0.5, 0.6) is 5.88 Å². The third kappa shape index (κ3) is 6.52. The Morgan fingerprint density at radius 3 is 2.70 bits per heavy atom. The number of anilines is 1. The smallest absolute Gasteiger partial charge is 0.391 e. The molecule has 2 atom stereocenters. The molecule has 0 saturated carbocycles. The molecule has 0 radical (unpaired) electrons. The summed E-state index contributed by atoms with van der Waals surface area (Å²) >= 11 is 0. The summed E-state index contributed by atoms with van der Waals surface area (Å²) < 4.78 is 13.7. The molecule has 0 spiro atoms. The number of aryl methyl sites for hydroxylation is 1. The fourth-order valence-corrected chi connectivity index (χ4v) is 7.50. The molecule has 10 nitrogen and oxygen atoms in total. The molecule has 242 valence electrons. The van der Waals surface area contributed by atoms with Crippen molar-refractivity contribution in [3.05, 3.63) is 83.7 Å². The van der Waals surface area contributed by atoms with Crippen LogP contribution in [0.3, 0.4) is 0 Å². The van der Waals surface area contributed by atoms with E-state index in [9.17, 15) is 9.59 Å². The van der Waals surface area contributed by atoms with Gasteiger partial charge < -0.3 is 19.7 Å². The molecular weight excluding hydrogens is 597 g/mol. The number of pyridine rings is 1. The number of carbonyl (C=O) groups is 2. The van der Waals surface area contributed by atoms with Crippen molar-refractivity contribution < 1.29 is 19.1 Å². The van der Waals surface area contributed by atoms with Crippen molar-refractivity contribution in [2.75, 3.05) is 18.5 Å². The molecule has 46 heavy (non-hydrogen) atoms. The summed E-state index contributed by atoms with van der Waals surface area (Å²) in [5, 5.41) is 8.90. The van der Waals surface area contributed by atoms with E-state index in [2.05, 4.69) is 62.0 Å². The zero-order valence-corrected chi connectivity index (χ0v) is 28.5. The number of para-hydroxylation sites is 1. The first-order valence-electron chi connectivity index (χ1n) is 16.2. The van der Waals surface area contributed by atoms with Crippen molar-refractivity contribution in [3.63, 3.8) is 0 Å². The van der Waals surface area contributed by atoms with Crippen LogP contribution in [0.2, 0.25) is 25.7 Å². The normalized spacial score (nSPS) is 20.0. The lowest BCUT2D eigenvalue weighted by Gasteiger charge is -2.51. The number of nitrogens with one attached hydrogen (secondary N) is 1. The lowest BCUT2D eigenvalue weighted by atomic mass is 9.75. The Balaban J connectivity index is 1.34. The van der Waals surface area contributed by atoms with E-state index in [-0.39, 0.29) is 18.0 Å². The molecule has 2 aliphatic rings. The zero-order valence-electron chi connectivity index (χ0n) is 27.5. The molecule has 1 fully saturated rings. The summed E-state index contributed by atoms with van der Waals surface area (Å²) in [5.74, 6) is 0.258. The predicted molar refractivity (Wildman–Crippen MR) is 182 cm³/mol. The maximum Gasteiger partial charge on any atom is 0.417 e. The van der Waals surface area contributed by atoms with E-state index in [0.29, 0.717) is 39.1 Å². The highest BCUT2D eigenvalue weighted by atomic mass is 28.3. The second-order valence-corrected chi connectivity index (χ2v) is 19.3. The van der Waals surface area contributed by atoms with Crippen LogP contribution in [-0.4, -0.2) is 64.0 Å². The highest BCUT2D eigenvalue weighted by molar-refractivity contribution is 6.76. The van der Waals surface area contributed by atoms with Crippen LogP contribution in [0.15, 0.2) is 67.0 Å². The third-order valence-electron chi connectivity index (χ3n) is 9.32. The lowest BCUT2D eigenvalue weighted by Crippen LogP contribution is -2.60. The van der Waals surface area contributed by atoms with Crippen LogP contribution in [0.1, 0.15) is 42.9 Å². The van der Waals surface area contributed by atoms with E-state index in [1.165, 1.54) is 0 Å². The van der Waals surface area contributed by atoms with Gasteiger partial charge >= 0.3 is 12.1 Å². The van der Waals surface area contributed by atoms with Gasteiger partial charge in [0, 0.05) is 63.3 Å². The van der Waals surface area contributed by atoms with Crippen LogP contribution in [0.4, 0.5) is 15.3 Å². The van der Waals surface area contributed by atoms with E-state index in [1.807, 2.05) is 38.9 Å². The predicted octanol–water partition coefficient (Wildman–Crippen LogP) is 7.37. The van der Waals surface area contributed by atoms with Gasteiger partial charge in [-0.05, 0) is 67.1 Å². The minimum Gasteiger partial charge on any atom is -0.391 e. The van der Waals surface area contributed by atoms with Gasteiger partial charge in [-0.3, -0.25) is 4.90 Å². The van der Waals surface area contributed by atoms with Crippen molar-refractivity contribution in [2.45, 2.75) is 83.7 Å². The molecule has 2 unspecified atom stereocenters. The molecule has 3 amide bonds. The standard InChI is InChI=1S/C35H44N6O4Si/c1-6-35(28-19-25(2)32-27(20-28)22-39(38-32)24-44-17-18-46(3,4)5)21-29(40-23-26-11-7-8-12-30(26)37-33(40)42)14-16-41(35)34(43)45-31-13-9-10-15-36-31/h7-13,15,19-20,22,29H,6,14,16-18,21,23-24H2,1-5H3,(H,37,42). The molecule has 2 aromatic carbocycles. The number of hydrogen-bond acceptors (Lipinski definition) is 6. The average molecular weight is 641 g/mol. The van der Waals surface area contributed by atoms with Crippen molar-refractivity contribution in [2.24, 2.45) is 0 Å². The molecule has 1 saturated heterocycles. The first-order chi connectivity index (χ1) is 22.1. The number of rotatable bonds is 9. The number of aromatic nitrogens is 3. The first-order valence-corrected chi connectivity index (χ1v) is 19.9. The maximum atomic E-state index is 13.9. The lowest BCUT2D eigenvalue weighted by molar-refractivity contribution is 0.0107. The quantitative estimate of drug-likeness (QED) is 0.151. The number of carbonyl (C=O) groups excluding carboxylic acids is 2. The van der Waals surface area contributed by atoms with Gasteiger partial charge in [0.1, 0.15) is 6.73 Å². The summed E-state index contributed by atoms with van der Waals surface area (Å²) in [6, 6.07) is 18.4. The fourth-order valence-electron chi connectivity index (χ4n) is 6.74. The Kier molecular flexibility index (Phi) is 8.89. The number of piperidine rings is 1. The van der Waals surface area contributed by atoms with Gasteiger partial charge in [-0.25, -0.2) is 19.3 Å². The van der Waals surface area contributed by atoms with Crippen LogP contribution >= 0.6 is 0 Å². The second kappa shape index (κ2) is 12.9. The van der Waals surface area contributed by atoms with Crippen LogP contribution in [0.25, 0.3) is 10.9 Å². The number of hydrogen-bond donors (Lipinski definition) is 1. The number of ether oxygens (including phenoxy) is 2. The van der Waals surface area contributed by atoms with Crippen molar-refractivity contribution in [3.8, 4) is 5.88 Å². The van der Waals surface area contributed by atoms with E-state index >= 15 is 0 Å². The molecule has 4 aromatic rings. The Hall–Kier alpha value is -4.22. The monoisotopic (exact) mass is 640 g/mol. The summed E-state index contributed by atoms with van der Waals surface area (Å²) in [4.78, 5) is 35.4. The number of benzene rings is 2. The summed E-state index contributed by atoms with van der Waals surface area (Å²) in [5.41, 5.74) is 4.12. The zero-order chi connectivity index (χ0) is 32.5. The molecule has 11 heteroatoms. The Labute approximate surface area is 271 Å². The van der Waals surface area contributed by atoms with E-state index in [1.54, 1.807) is 24.4 Å². The van der Waals surface area contributed by atoms with Gasteiger partial charge in [0.15, 0.2) is 0 Å². The molecule has 0 aliphatic carbocycles. The number of likely N-dealkylation sites (tertiary alicyclic amines) is 1. The Morgan fingerprint density at radius 1 is 1.13 bits per heavy atom. The molecular formula is C35H44N6O4Si. The van der Waals surface area contributed by atoms with E-state index in [4.69, 9.17) is 14.6 Å². The van der Waals surface area contributed by atoms with Crippen LogP contribution in [0, 0.1) is 6.92 Å². The maximum absolute atomic E-state index is 13.9. The molecule has 0 bridgehead atoms. The molecule has 6 rings (SSSR count). The highest BCUT2D eigenvalue weighted by Gasteiger charge is 2.48. The van der Waals surface area contributed by atoms with Gasteiger partial charge in [-0.2, -0.15) is 5.10 Å². The average Bonchev–Trinajstić information content (AvgIpc) is 3.46. The van der Waals surface area contributed by atoms with Crippen molar-refractivity contribution in [1.82, 2.24) is 24.6 Å². The Morgan fingerprint density at radius 2 is 1.93 bits per heavy atom. The second-order valence-electron chi connectivity index (χ2n) is 13.7. The van der Waals surface area contributed by atoms with E-state index in [0.717, 1.165) is 45.9 Å². The van der Waals surface area contributed by atoms with Gasteiger partial charge in [0.2, 0.25) is 5.88 Å². The van der Waals surface area contributed by atoms with Crippen LogP contribution < -0.4 is 10.1 Å². The van der Waals surface area contributed by atoms with Crippen LogP contribution in [-0.2, 0) is 23.6 Å². The van der Waals surface area contributed by atoms with Gasteiger partial charge in [-0.1, -0.05) is 56.9 Å². The summed E-state index contributed by atoms with van der Waals surface area (Å²) in [6.07, 6.45) is 5.01. The number of fused-ring (bicyclic) bond motifs is 2. The fraction of sp³-hybridized carbons (Fsp3) is 0.429. The van der Waals surface area contributed by atoms with Gasteiger partial charge in [-0.15, -0.1) is 0 Å². The SMILES string of the molecule is CCC1(c2cc(C)c3nn(COCC[Si](C)(C)C)cc3c2)CC(N2Cc3ccccc3NC2=O)CCN1C(=O)Oc1ccccn1. The highest BCUT2D eigenvalue weighted by Crippen LogP contribution is 2.44. The number of amides is 3. The molecule has 2 aliphatic heterocycles. The minimum absolute atomic E-state index is 0.0919. The number of nitrogens with zero attached hydrogens (tertiary/aromatic N) is 5. The summed E-state index contributed by atoms with van der Waals surface area (Å²) in [7, 11) is -1.19. The van der Waals surface area contributed by atoms with Gasteiger partial charge in [0.05, 0.1) is 11.1 Å². The third-order valence-corrected chi connectivity index (χ3v) is 11.0. The summed E-state index contributed by atoms with van der Waals surface area (Å²) in [6.45, 7) is 13.2. The number of urea groups is 1. The van der Waals surface area contributed by atoms with Crippen molar-refractivity contribution in [1.29, 1.82) is 0 Å². The van der Waals surface area contributed by atoms with E-state index < -0.39 is 19.7 Å².